The molecule has 0 radical (unpaired) electrons. The molecule has 0 bridgehead atoms. The molecule has 0 saturated heterocycles. The zero-order chi connectivity index (χ0) is 28.2. The van der Waals surface area contributed by atoms with Crippen LogP contribution in [0.5, 0.6) is 0 Å². The summed E-state index contributed by atoms with van der Waals surface area (Å²) in [4.78, 5) is 46.1. The largest absolute Gasteiger partial charge is 0.467 e. The molecule has 0 aliphatic carbocycles. The van der Waals surface area contributed by atoms with Gasteiger partial charge in [-0.2, -0.15) is 0 Å². The summed E-state index contributed by atoms with van der Waals surface area (Å²) in [5, 5.41) is 22.9. The van der Waals surface area contributed by atoms with Crippen LogP contribution in [0.1, 0.15) is 57.9 Å². The van der Waals surface area contributed by atoms with Crippen LogP contribution in [-0.2, 0) is 25.7 Å². The predicted octanol–water partition coefficient (Wildman–Crippen LogP) is 2.07. The minimum Gasteiger partial charge on any atom is -0.467 e. The summed E-state index contributed by atoms with van der Waals surface area (Å²) < 4.78 is 10.1. The Kier molecular flexibility index (Phi) is 16.5. The second-order valence-electron chi connectivity index (χ2n) is 8.49. The first-order valence-electron chi connectivity index (χ1n) is 12.5. The highest BCUT2D eigenvalue weighted by atomic mass is 16.5. The van der Waals surface area contributed by atoms with E-state index < -0.39 is 30.1 Å². The summed E-state index contributed by atoms with van der Waals surface area (Å²) in [6.07, 6.45) is 2.17. The minimum atomic E-state index is -0.950. The third-order valence-corrected chi connectivity index (χ3v) is 5.45. The Hall–Kier alpha value is -3.71. The van der Waals surface area contributed by atoms with Crippen LogP contribution in [0.15, 0.2) is 40.3 Å². The number of esters is 1. The molecule has 0 aromatic heterocycles. The zero-order valence-electron chi connectivity index (χ0n) is 22.2. The fourth-order valence-corrected chi connectivity index (χ4v) is 3.32. The van der Waals surface area contributed by atoms with Crippen LogP contribution in [0.25, 0.3) is 0 Å². The van der Waals surface area contributed by atoms with Crippen molar-refractivity contribution in [2.24, 2.45) is 9.98 Å². The first kappa shape index (κ1) is 32.3. The monoisotopic (exact) mass is 536 g/mol. The Bertz CT molecular complexity index is 911. The lowest BCUT2D eigenvalue weighted by molar-refractivity contribution is -0.145. The maximum Gasteiger partial charge on any atom is 0.408 e. The molecule has 13 heteroatoms. The van der Waals surface area contributed by atoms with Crippen molar-refractivity contribution in [2.45, 2.75) is 71.1 Å². The van der Waals surface area contributed by atoms with Crippen molar-refractivity contribution in [2.75, 3.05) is 20.2 Å². The summed E-state index contributed by atoms with van der Waals surface area (Å²) in [6, 6.07) is 7.28. The van der Waals surface area contributed by atoms with Gasteiger partial charge in [-0.25, -0.2) is 9.59 Å². The van der Waals surface area contributed by atoms with Crippen LogP contribution >= 0.6 is 0 Å². The van der Waals surface area contributed by atoms with Gasteiger partial charge in [0.1, 0.15) is 30.4 Å². The number of nitrogens with one attached hydrogen (secondary N) is 4. The van der Waals surface area contributed by atoms with Crippen molar-refractivity contribution in [3.05, 3.63) is 35.9 Å². The number of amides is 2. The van der Waals surface area contributed by atoms with Gasteiger partial charge in [-0.05, 0) is 57.9 Å². The SMILES string of the molecule is COC(=O)[C@H](CCCCN=C(C)NO)NC(=O)[C@H](CCCCN=C(C)NO)NC(=O)OCc1ccccc1. The Morgan fingerprint density at radius 2 is 1.39 bits per heavy atom. The van der Waals surface area contributed by atoms with Crippen LogP contribution in [0.4, 0.5) is 4.79 Å². The molecule has 0 aliphatic rings. The highest BCUT2D eigenvalue weighted by Crippen LogP contribution is 2.08. The molecular weight excluding hydrogens is 496 g/mol. The Morgan fingerprint density at radius 1 is 0.842 bits per heavy atom. The van der Waals surface area contributed by atoms with Crippen molar-refractivity contribution in [1.82, 2.24) is 21.6 Å². The molecular formula is C25H40N6O7. The van der Waals surface area contributed by atoms with E-state index in [0.29, 0.717) is 56.9 Å². The topological polar surface area (TPSA) is 183 Å². The molecule has 0 unspecified atom stereocenters. The second kappa shape index (κ2) is 19.4. The fraction of sp³-hybridized carbons (Fsp3) is 0.560. The highest BCUT2D eigenvalue weighted by Gasteiger charge is 2.27. The van der Waals surface area contributed by atoms with E-state index in [0.717, 1.165) is 5.56 Å². The summed E-state index contributed by atoms with van der Waals surface area (Å²) in [5.74, 6) is -0.380. The number of hydrogen-bond donors (Lipinski definition) is 6. The number of hydroxylamine groups is 2. The van der Waals surface area contributed by atoms with E-state index in [4.69, 9.17) is 19.9 Å². The molecule has 0 saturated carbocycles. The van der Waals surface area contributed by atoms with Gasteiger partial charge in [-0.15, -0.1) is 0 Å². The van der Waals surface area contributed by atoms with Crippen LogP contribution in [0.2, 0.25) is 0 Å². The number of ether oxygens (including phenoxy) is 2. The number of carbonyl (C=O) groups is 3. The number of unbranched alkanes of at least 4 members (excludes halogenated alkanes) is 2. The van der Waals surface area contributed by atoms with Gasteiger partial charge in [0, 0.05) is 13.1 Å². The van der Waals surface area contributed by atoms with E-state index in [9.17, 15) is 14.4 Å². The van der Waals surface area contributed by atoms with Crippen molar-refractivity contribution >= 4 is 29.6 Å². The number of carbonyl (C=O) groups excluding carboxylic acids is 3. The van der Waals surface area contributed by atoms with Gasteiger partial charge in [0.05, 0.1) is 7.11 Å². The summed E-state index contributed by atoms with van der Waals surface area (Å²) in [6.45, 7) is 4.13. The average Bonchev–Trinajstić information content (AvgIpc) is 2.93. The maximum atomic E-state index is 13.1. The van der Waals surface area contributed by atoms with Crippen LogP contribution < -0.4 is 21.6 Å². The third-order valence-electron chi connectivity index (χ3n) is 5.45. The quantitative estimate of drug-likeness (QED) is 0.0605. The summed E-state index contributed by atoms with van der Waals surface area (Å²) >= 11 is 0. The third kappa shape index (κ3) is 14.1. The molecule has 0 aliphatic heterocycles. The van der Waals surface area contributed by atoms with Gasteiger partial charge in [0.15, 0.2) is 0 Å². The summed E-state index contributed by atoms with van der Waals surface area (Å²) in [7, 11) is 1.24. The Morgan fingerprint density at radius 3 is 1.92 bits per heavy atom. The van der Waals surface area contributed by atoms with Gasteiger partial charge in [0.25, 0.3) is 0 Å². The molecule has 13 nitrogen and oxygen atoms in total. The maximum absolute atomic E-state index is 13.1. The number of hydrogen-bond acceptors (Lipinski definition) is 9. The van der Waals surface area contributed by atoms with E-state index >= 15 is 0 Å². The fourth-order valence-electron chi connectivity index (χ4n) is 3.32. The standard InChI is InChI=1S/C25H40N6O7/c1-18(30-35)26-15-9-7-13-21(29-25(34)38-17-20-11-5-4-6-12-20)23(32)28-22(24(33)37-3)14-8-10-16-27-19(2)31-36/h4-6,11-12,21-22,35-36H,7-10,13-17H2,1-3H3,(H,26,30)(H,27,31)(H,28,32)(H,29,34)/t21-,22-/m0/s1. The first-order chi connectivity index (χ1) is 18.3. The number of benzene rings is 1. The molecule has 0 fully saturated rings. The highest BCUT2D eigenvalue weighted by molar-refractivity contribution is 5.89. The predicted molar refractivity (Wildman–Crippen MR) is 141 cm³/mol. The van der Waals surface area contributed by atoms with Gasteiger partial charge in [-0.3, -0.25) is 36.2 Å². The lowest BCUT2D eigenvalue weighted by Crippen LogP contribution is -2.51. The van der Waals surface area contributed by atoms with Crippen LogP contribution in [-0.4, -0.2) is 72.3 Å². The Balaban J connectivity index is 2.76. The van der Waals surface area contributed by atoms with Gasteiger partial charge in [0.2, 0.25) is 5.91 Å². The normalized spacial score (nSPS) is 13.2. The summed E-state index contributed by atoms with van der Waals surface area (Å²) in [5.41, 5.74) is 4.70. The zero-order valence-corrected chi connectivity index (χ0v) is 22.2. The van der Waals surface area contributed by atoms with E-state index in [1.165, 1.54) is 7.11 Å². The van der Waals surface area contributed by atoms with Crippen LogP contribution in [0, 0.1) is 0 Å². The molecule has 1 aromatic rings. The van der Waals surface area contributed by atoms with E-state index in [1.807, 2.05) is 41.3 Å². The minimum absolute atomic E-state index is 0.0434. The van der Waals surface area contributed by atoms with Gasteiger partial charge >= 0.3 is 12.1 Å². The molecule has 6 N–H and O–H groups in total. The molecule has 0 spiro atoms. The van der Waals surface area contributed by atoms with E-state index in [2.05, 4.69) is 20.6 Å². The molecule has 2 atom stereocenters. The van der Waals surface area contributed by atoms with Crippen molar-refractivity contribution in [3.8, 4) is 0 Å². The molecule has 38 heavy (non-hydrogen) atoms. The van der Waals surface area contributed by atoms with Crippen molar-refractivity contribution in [3.63, 3.8) is 0 Å². The smallest absolute Gasteiger partial charge is 0.408 e. The van der Waals surface area contributed by atoms with Crippen molar-refractivity contribution < 1.29 is 34.3 Å². The number of nitrogens with zero attached hydrogens (tertiary/aromatic N) is 2. The number of aliphatic imine (C=N–C) groups is 2. The Labute approximate surface area is 223 Å². The lowest BCUT2D eigenvalue weighted by atomic mass is 10.1. The van der Waals surface area contributed by atoms with Gasteiger partial charge < -0.3 is 20.1 Å². The molecule has 1 aromatic carbocycles. The lowest BCUT2D eigenvalue weighted by Gasteiger charge is -2.22. The van der Waals surface area contributed by atoms with Crippen molar-refractivity contribution in [1.29, 1.82) is 0 Å². The van der Waals surface area contributed by atoms with E-state index in [-0.39, 0.29) is 13.0 Å². The number of methoxy groups -OCH3 is 1. The van der Waals surface area contributed by atoms with Gasteiger partial charge in [-0.1, -0.05) is 30.3 Å². The number of amidine groups is 2. The first-order valence-corrected chi connectivity index (χ1v) is 12.5. The molecule has 212 valence electrons. The molecule has 0 heterocycles. The number of alkyl carbamates (subject to hydrolysis) is 1. The van der Waals surface area contributed by atoms with E-state index in [1.54, 1.807) is 13.8 Å². The average molecular weight is 537 g/mol. The van der Waals surface area contributed by atoms with Crippen LogP contribution in [0.3, 0.4) is 0 Å². The molecule has 2 amide bonds. The number of rotatable bonds is 16. The second-order valence-corrected chi connectivity index (χ2v) is 8.49. The molecule has 1 rings (SSSR count).